The van der Waals surface area contributed by atoms with Gasteiger partial charge in [0.1, 0.15) is 0 Å². The lowest BCUT2D eigenvalue weighted by Crippen LogP contribution is -2.37. The molecule has 2 rings (SSSR count). The van der Waals surface area contributed by atoms with E-state index in [-0.39, 0.29) is 10.9 Å². The van der Waals surface area contributed by atoms with Gasteiger partial charge in [-0.3, -0.25) is 0 Å². The number of hydrogen-bond donors (Lipinski definition) is 1. The highest BCUT2D eigenvalue weighted by Crippen LogP contribution is 2.25. The normalized spacial score (nSPS) is 19.3. The summed E-state index contributed by atoms with van der Waals surface area (Å²) in [5.74, 6) is 0. The first kappa shape index (κ1) is 16.7. The molecule has 1 saturated heterocycles. The highest BCUT2D eigenvalue weighted by molar-refractivity contribution is 7.89. The van der Waals surface area contributed by atoms with E-state index in [0.717, 1.165) is 18.5 Å². The highest BCUT2D eigenvalue weighted by atomic mass is 35.5. The average Bonchev–Trinajstić information content (AvgIpc) is 2.99. The summed E-state index contributed by atoms with van der Waals surface area (Å²) >= 11 is 6.19. The van der Waals surface area contributed by atoms with Crippen LogP contribution in [0.25, 0.3) is 0 Å². The predicted molar refractivity (Wildman–Crippen MR) is 83.0 cm³/mol. The Morgan fingerprint density at radius 2 is 2.24 bits per heavy atom. The van der Waals surface area contributed by atoms with Crippen molar-refractivity contribution in [3.63, 3.8) is 0 Å². The minimum Gasteiger partial charge on any atom is -0.380 e. The minimum absolute atomic E-state index is 0.102. The van der Waals surface area contributed by atoms with Crippen LogP contribution in [0.15, 0.2) is 23.1 Å². The zero-order valence-electron chi connectivity index (χ0n) is 12.3. The Bertz CT molecular complexity index is 586. The van der Waals surface area contributed by atoms with Crippen LogP contribution in [0.4, 0.5) is 0 Å². The number of nitrogens with zero attached hydrogens (tertiary/aromatic N) is 1. The third kappa shape index (κ3) is 3.76. The summed E-state index contributed by atoms with van der Waals surface area (Å²) in [4.78, 5) is 0.224. The molecule has 1 atom stereocenters. The van der Waals surface area contributed by atoms with Crippen LogP contribution < -0.4 is 5.32 Å². The molecule has 0 saturated carbocycles. The van der Waals surface area contributed by atoms with Crippen molar-refractivity contribution < 1.29 is 13.2 Å². The van der Waals surface area contributed by atoms with Crippen molar-refractivity contribution in [2.75, 3.05) is 26.8 Å². The van der Waals surface area contributed by atoms with Gasteiger partial charge in [-0.05, 0) is 30.7 Å². The number of sulfonamides is 1. The number of nitrogens with one attached hydrogen (secondary N) is 1. The summed E-state index contributed by atoms with van der Waals surface area (Å²) in [5.41, 5.74) is 0.893. The summed E-state index contributed by atoms with van der Waals surface area (Å²) in [5, 5.41) is 3.64. The molecule has 1 aliphatic heterocycles. The molecule has 0 radical (unpaired) electrons. The molecule has 0 aliphatic carbocycles. The second-order valence-electron chi connectivity index (χ2n) is 5.07. The Morgan fingerprint density at radius 3 is 2.81 bits per heavy atom. The van der Waals surface area contributed by atoms with Crippen molar-refractivity contribution in [2.45, 2.75) is 30.8 Å². The predicted octanol–water partition coefficient (Wildman–Crippen LogP) is 1.86. The lowest BCUT2D eigenvalue weighted by molar-refractivity contribution is 0.181. The van der Waals surface area contributed by atoms with Crippen molar-refractivity contribution in [2.24, 2.45) is 0 Å². The molecular formula is C14H21ClN2O3S. The van der Waals surface area contributed by atoms with Crippen molar-refractivity contribution >= 4 is 21.6 Å². The third-order valence-electron chi connectivity index (χ3n) is 3.69. The van der Waals surface area contributed by atoms with Crippen molar-refractivity contribution in [1.29, 1.82) is 0 Å². The van der Waals surface area contributed by atoms with Gasteiger partial charge in [0.25, 0.3) is 0 Å². The largest absolute Gasteiger partial charge is 0.380 e. The maximum Gasteiger partial charge on any atom is 0.243 e. The Morgan fingerprint density at radius 1 is 1.48 bits per heavy atom. The number of hydrogen-bond acceptors (Lipinski definition) is 4. The molecule has 0 aromatic heterocycles. The molecular weight excluding hydrogens is 312 g/mol. The molecule has 1 aliphatic rings. The van der Waals surface area contributed by atoms with Gasteiger partial charge in [-0.1, -0.05) is 24.6 Å². The molecule has 1 aromatic rings. The van der Waals surface area contributed by atoms with Crippen LogP contribution >= 0.6 is 11.6 Å². The number of halogens is 1. The average molecular weight is 333 g/mol. The summed E-state index contributed by atoms with van der Waals surface area (Å²) in [6.07, 6.45) is 0.724. The maximum atomic E-state index is 12.6. The van der Waals surface area contributed by atoms with Gasteiger partial charge < -0.3 is 10.1 Å². The first-order chi connectivity index (χ1) is 9.96. The molecule has 118 valence electrons. The molecule has 0 bridgehead atoms. The summed E-state index contributed by atoms with van der Waals surface area (Å²) in [6.45, 7) is 4.52. The van der Waals surface area contributed by atoms with E-state index in [1.807, 2.05) is 6.92 Å². The quantitative estimate of drug-likeness (QED) is 0.864. The fraction of sp³-hybridized carbons (Fsp3) is 0.571. The molecule has 1 heterocycles. The topological polar surface area (TPSA) is 58.6 Å². The first-order valence-corrected chi connectivity index (χ1v) is 8.83. The van der Waals surface area contributed by atoms with Crippen molar-refractivity contribution in [3.8, 4) is 0 Å². The lowest BCUT2D eigenvalue weighted by atomic mass is 10.2. The Kier molecular flexibility index (Phi) is 5.62. The summed E-state index contributed by atoms with van der Waals surface area (Å²) in [7, 11) is -1.94. The minimum atomic E-state index is -3.53. The maximum absolute atomic E-state index is 12.6. The van der Waals surface area contributed by atoms with Gasteiger partial charge in [-0.2, -0.15) is 4.31 Å². The van der Waals surface area contributed by atoms with Gasteiger partial charge in [-0.25, -0.2) is 8.42 Å². The number of rotatable bonds is 6. The molecule has 5 nitrogen and oxygen atoms in total. The van der Waals surface area contributed by atoms with E-state index in [1.165, 1.54) is 10.4 Å². The molecule has 0 amide bonds. The smallest absolute Gasteiger partial charge is 0.243 e. The number of benzene rings is 1. The fourth-order valence-electron chi connectivity index (χ4n) is 2.26. The van der Waals surface area contributed by atoms with Gasteiger partial charge in [0.2, 0.25) is 10.0 Å². The molecule has 1 aromatic carbocycles. The van der Waals surface area contributed by atoms with E-state index in [9.17, 15) is 8.42 Å². The van der Waals surface area contributed by atoms with Crippen molar-refractivity contribution in [3.05, 3.63) is 28.8 Å². The van der Waals surface area contributed by atoms with Gasteiger partial charge in [0, 0.05) is 25.2 Å². The SMILES string of the molecule is CCNCc1ccc(S(=O)(=O)N(C)C2CCOC2)cc1Cl. The fourth-order valence-corrected chi connectivity index (χ4v) is 3.97. The van der Waals surface area contributed by atoms with Gasteiger partial charge >= 0.3 is 0 Å². The zero-order valence-corrected chi connectivity index (χ0v) is 13.9. The zero-order chi connectivity index (χ0) is 15.5. The Labute approximate surface area is 131 Å². The van der Waals surface area contributed by atoms with Crippen LogP contribution in [-0.4, -0.2) is 45.6 Å². The lowest BCUT2D eigenvalue weighted by Gasteiger charge is -2.22. The standard InChI is InChI=1S/C14H21ClN2O3S/c1-3-16-9-11-4-5-13(8-14(11)15)21(18,19)17(2)12-6-7-20-10-12/h4-5,8,12,16H,3,6-7,9-10H2,1-2H3. The number of ether oxygens (including phenoxy) is 1. The molecule has 21 heavy (non-hydrogen) atoms. The van der Waals surface area contributed by atoms with E-state index < -0.39 is 10.0 Å². The summed E-state index contributed by atoms with van der Waals surface area (Å²) in [6, 6.07) is 4.79. The van der Waals surface area contributed by atoms with Gasteiger partial charge in [-0.15, -0.1) is 0 Å². The third-order valence-corrected chi connectivity index (χ3v) is 5.94. The second kappa shape index (κ2) is 7.07. The Hall–Kier alpha value is -0.660. The Balaban J connectivity index is 2.21. The van der Waals surface area contributed by atoms with Crippen LogP contribution in [0.1, 0.15) is 18.9 Å². The van der Waals surface area contributed by atoms with Crippen LogP contribution in [0.3, 0.4) is 0 Å². The van der Waals surface area contributed by atoms with E-state index >= 15 is 0 Å². The first-order valence-electron chi connectivity index (χ1n) is 7.01. The van der Waals surface area contributed by atoms with E-state index in [1.54, 1.807) is 19.2 Å². The van der Waals surface area contributed by atoms with Crippen LogP contribution in [0, 0.1) is 0 Å². The van der Waals surface area contributed by atoms with E-state index in [4.69, 9.17) is 16.3 Å². The second-order valence-corrected chi connectivity index (χ2v) is 7.48. The highest BCUT2D eigenvalue weighted by Gasteiger charge is 2.30. The summed E-state index contributed by atoms with van der Waals surface area (Å²) < 4.78 is 31.8. The van der Waals surface area contributed by atoms with Crippen LogP contribution in [0.5, 0.6) is 0 Å². The van der Waals surface area contributed by atoms with Crippen molar-refractivity contribution in [1.82, 2.24) is 9.62 Å². The van der Waals surface area contributed by atoms with Gasteiger partial charge in [0.15, 0.2) is 0 Å². The molecule has 1 unspecified atom stereocenters. The van der Waals surface area contributed by atoms with Gasteiger partial charge in [0.05, 0.1) is 17.5 Å². The molecule has 1 fully saturated rings. The van der Waals surface area contributed by atoms with E-state index in [0.29, 0.717) is 24.8 Å². The molecule has 0 spiro atoms. The van der Waals surface area contributed by atoms with Crippen LogP contribution in [-0.2, 0) is 21.3 Å². The molecule has 1 N–H and O–H groups in total. The van der Waals surface area contributed by atoms with Crippen LogP contribution in [0.2, 0.25) is 5.02 Å². The monoisotopic (exact) mass is 332 g/mol. The molecule has 7 heteroatoms. The number of likely N-dealkylation sites (N-methyl/N-ethyl adjacent to an activating group) is 1. The van der Waals surface area contributed by atoms with E-state index in [2.05, 4.69) is 5.32 Å².